The number of piperidine rings is 1. The molecule has 0 bridgehead atoms. The first-order chi connectivity index (χ1) is 12.1. The van der Waals surface area contributed by atoms with Gasteiger partial charge in [-0.3, -0.25) is 9.78 Å². The van der Waals surface area contributed by atoms with Crippen LogP contribution in [0.1, 0.15) is 30.4 Å². The Labute approximate surface area is 148 Å². The van der Waals surface area contributed by atoms with Gasteiger partial charge in [0.25, 0.3) is 0 Å². The summed E-state index contributed by atoms with van der Waals surface area (Å²) in [5.41, 5.74) is 3.11. The summed E-state index contributed by atoms with van der Waals surface area (Å²) >= 11 is 0. The van der Waals surface area contributed by atoms with E-state index in [-0.39, 0.29) is 17.8 Å². The molecule has 3 rings (SSSR count). The molecule has 1 amide bonds. The van der Waals surface area contributed by atoms with Gasteiger partial charge in [0.15, 0.2) is 0 Å². The normalized spacial score (nSPS) is 17.4. The summed E-state index contributed by atoms with van der Waals surface area (Å²) < 4.78 is 13.3. The van der Waals surface area contributed by atoms with Crippen molar-refractivity contribution >= 4 is 11.6 Å². The number of benzene rings is 1. The SMILES string of the molecule is Cc1cc(F)ccc1N1CCC[C@@H](NC(=O)CCc2ccncc2)C1. The Morgan fingerprint density at radius 3 is 2.88 bits per heavy atom. The van der Waals surface area contributed by atoms with E-state index >= 15 is 0 Å². The number of hydrogen-bond donors (Lipinski definition) is 1. The second-order valence-electron chi connectivity index (χ2n) is 6.64. The zero-order chi connectivity index (χ0) is 17.6. The van der Waals surface area contributed by atoms with Crippen molar-refractivity contribution in [2.24, 2.45) is 0 Å². The molecule has 1 atom stereocenters. The zero-order valence-electron chi connectivity index (χ0n) is 14.5. The lowest BCUT2D eigenvalue weighted by molar-refractivity contribution is -0.121. The predicted octanol–water partition coefficient (Wildman–Crippen LogP) is 3.25. The van der Waals surface area contributed by atoms with Crippen molar-refractivity contribution in [3.05, 3.63) is 59.7 Å². The molecule has 4 nitrogen and oxygen atoms in total. The van der Waals surface area contributed by atoms with E-state index in [2.05, 4.69) is 15.2 Å². The Kier molecular flexibility index (Phi) is 5.64. The number of halogens is 1. The highest BCUT2D eigenvalue weighted by Gasteiger charge is 2.22. The third-order valence-electron chi connectivity index (χ3n) is 4.68. The first-order valence-electron chi connectivity index (χ1n) is 8.81. The Hall–Kier alpha value is -2.43. The summed E-state index contributed by atoms with van der Waals surface area (Å²) in [6, 6.07) is 8.91. The van der Waals surface area contributed by atoms with Crippen molar-refractivity contribution in [2.75, 3.05) is 18.0 Å². The highest BCUT2D eigenvalue weighted by Crippen LogP contribution is 2.24. The number of nitrogens with zero attached hydrogens (tertiary/aromatic N) is 2. The van der Waals surface area contributed by atoms with Gasteiger partial charge in [-0.05, 0) is 67.6 Å². The Morgan fingerprint density at radius 2 is 2.12 bits per heavy atom. The molecule has 1 aliphatic rings. The van der Waals surface area contributed by atoms with Crippen molar-refractivity contribution in [1.82, 2.24) is 10.3 Å². The van der Waals surface area contributed by atoms with E-state index in [1.807, 2.05) is 25.1 Å². The fourth-order valence-electron chi connectivity index (χ4n) is 3.39. The van der Waals surface area contributed by atoms with E-state index < -0.39 is 0 Å². The van der Waals surface area contributed by atoms with E-state index in [1.54, 1.807) is 18.5 Å². The van der Waals surface area contributed by atoms with Crippen molar-refractivity contribution in [2.45, 2.75) is 38.6 Å². The minimum atomic E-state index is -0.209. The standard InChI is InChI=1S/C20H24FN3O/c1-15-13-17(21)5-6-19(15)24-12-2-3-18(14-24)23-20(25)7-4-16-8-10-22-11-9-16/h5-6,8-11,13,18H,2-4,7,12,14H2,1H3,(H,23,25)/t18-/m1/s1. The second kappa shape index (κ2) is 8.10. The highest BCUT2D eigenvalue weighted by molar-refractivity contribution is 5.76. The predicted molar refractivity (Wildman–Crippen MR) is 97.1 cm³/mol. The topological polar surface area (TPSA) is 45.2 Å². The molecule has 1 fully saturated rings. The van der Waals surface area contributed by atoms with Gasteiger partial charge in [0.2, 0.25) is 5.91 Å². The second-order valence-corrected chi connectivity index (χ2v) is 6.64. The number of carbonyl (C=O) groups excluding carboxylic acids is 1. The average molecular weight is 341 g/mol. The molecule has 132 valence electrons. The van der Waals surface area contributed by atoms with Crippen LogP contribution in [0.3, 0.4) is 0 Å². The molecule has 1 N–H and O–H groups in total. The minimum Gasteiger partial charge on any atom is -0.369 e. The quantitative estimate of drug-likeness (QED) is 0.908. The molecule has 2 heterocycles. The van der Waals surface area contributed by atoms with Gasteiger partial charge in [-0.1, -0.05) is 0 Å². The minimum absolute atomic E-state index is 0.0829. The molecular weight excluding hydrogens is 317 g/mol. The molecule has 1 saturated heterocycles. The molecule has 25 heavy (non-hydrogen) atoms. The third-order valence-corrected chi connectivity index (χ3v) is 4.68. The van der Waals surface area contributed by atoms with E-state index in [0.29, 0.717) is 6.42 Å². The van der Waals surface area contributed by atoms with Gasteiger partial charge in [0, 0.05) is 43.6 Å². The number of hydrogen-bond acceptors (Lipinski definition) is 3. The summed E-state index contributed by atoms with van der Waals surface area (Å²) in [5, 5.41) is 3.15. The maximum absolute atomic E-state index is 13.3. The lowest BCUT2D eigenvalue weighted by atomic mass is 10.0. The summed E-state index contributed by atoms with van der Waals surface area (Å²) in [5.74, 6) is -0.126. The van der Waals surface area contributed by atoms with Crippen LogP contribution in [-0.2, 0) is 11.2 Å². The fraction of sp³-hybridized carbons (Fsp3) is 0.400. The summed E-state index contributed by atoms with van der Waals surface area (Å²) in [4.78, 5) is 18.5. The first-order valence-corrected chi connectivity index (χ1v) is 8.81. The molecule has 0 aliphatic carbocycles. The van der Waals surface area contributed by atoms with Gasteiger partial charge < -0.3 is 10.2 Å². The van der Waals surface area contributed by atoms with Gasteiger partial charge in [0.05, 0.1) is 0 Å². The van der Waals surface area contributed by atoms with Crippen molar-refractivity contribution in [3.8, 4) is 0 Å². The molecule has 2 aromatic rings. The van der Waals surface area contributed by atoms with Crippen LogP contribution in [-0.4, -0.2) is 30.0 Å². The molecule has 1 aliphatic heterocycles. The van der Waals surface area contributed by atoms with Gasteiger partial charge in [0.1, 0.15) is 5.82 Å². The van der Waals surface area contributed by atoms with Gasteiger partial charge in [-0.2, -0.15) is 0 Å². The lowest BCUT2D eigenvalue weighted by Crippen LogP contribution is -2.48. The summed E-state index contributed by atoms with van der Waals surface area (Å²) in [6.45, 7) is 3.64. The number of aromatic nitrogens is 1. The molecule has 0 saturated carbocycles. The Balaban J connectivity index is 1.53. The summed E-state index contributed by atoms with van der Waals surface area (Å²) in [6.07, 6.45) is 6.70. The number of pyridine rings is 1. The van der Waals surface area contributed by atoms with E-state index in [4.69, 9.17) is 0 Å². The molecular formula is C20H24FN3O. The van der Waals surface area contributed by atoms with Crippen LogP contribution in [0.4, 0.5) is 10.1 Å². The van der Waals surface area contributed by atoms with Crippen LogP contribution in [0.25, 0.3) is 0 Å². The molecule has 5 heteroatoms. The fourth-order valence-corrected chi connectivity index (χ4v) is 3.39. The smallest absolute Gasteiger partial charge is 0.220 e. The van der Waals surface area contributed by atoms with Gasteiger partial charge in [-0.15, -0.1) is 0 Å². The van der Waals surface area contributed by atoms with E-state index in [9.17, 15) is 9.18 Å². The van der Waals surface area contributed by atoms with Crippen LogP contribution in [0.2, 0.25) is 0 Å². The van der Waals surface area contributed by atoms with Gasteiger partial charge in [-0.25, -0.2) is 4.39 Å². The number of rotatable bonds is 5. The van der Waals surface area contributed by atoms with E-state index in [1.165, 1.54) is 6.07 Å². The maximum atomic E-state index is 13.3. The first kappa shape index (κ1) is 17.4. The van der Waals surface area contributed by atoms with Crippen LogP contribution >= 0.6 is 0 Å². The van der Waals surface area contributed by atoms with Gasteiger partial charge >= 0.3 is 0 Å². The monoisotopic (exact) mass is 341 g/mol. The summed E-state index contributed by atoms with van der Waals surface area (Å²) in [7, 11) is 0. The molecule has 0 radical (unpaired) electrons. The van der Waals surface area contributed by atoms with Crippen LogP contribution < -0.4 is 10.2 Å². The van der Waals surface area contributed by atoms with Crippen molar-refractivity contribution < 1.29 is 9.18 Å². The molecule has 1 aromatic carbocycles. The van der Waals surface area contributed by atoms with Crippen molar-refractivity contribution in [3.63, 3.8) is 0 Å². The zero-order valence-corrected chi connectivity index (χ0v) is 14.5. The Bertz CT molecular complexity index is 720. The lowest BCUT2D eigenvalue weighted by Gasteiger charge is -2.35. The largest absolute Gasteiger partial charge is 0.369 e. The van der Waals surface area contributed by atoms with Crippen LogP contribution in [0, 0.1) is 12.7 Å². The molecule has 0 spiro atoms. The molecule has 1 aromatic heterocycles. The Morgan fingerprint density at radius 1 is 1.32 bits per heavy atom. The number of nitrogens with one attached hydrogen (secondary N) is 1. The number of carbonyl (C=O) groups is 1. The van der Waals surface area contributed by atoms with Crippen LogP contribution in [0.15, 0.2) is 42.7 Å². The molecule has 0 unspecified atom stereocenters. The highest BCUT2D eigenvalue weighted by atomic mass is 19.1. The number of anilines is 1. The van der Waals surface area contributed by atoms with E-state index in [0.717, 1.165) is 49.2 Å². The number of aryl methyl sites for hydroxylation is 2. The van der Waals surface area contributed by atoms with Crippen LogP contribution in [0.5, 0.6) is 0 Å². The van der Waals surface area contributed by atoms with Crippen molar-refractivity contribution in [1.29, 1.82) is 0 Å². The average Bonchev–Trinajstić information content (AvgIpc) is 2.61. The third kappa shape index (κ3) is 4.78. The maximum Gasteiger partial charge on any atom is 0.220 e. The number of amides is 1.